The summed E-state index contributed by atoms with van der Waals surface area (Å²) in [4.78, 5) is 18.9. The number of ether oxygens (including phenoxy) is 1. The number of H-pyrrole nitrogens is 1. The number of hydrogen-bond donors (Lipinski definition) is 1. The van der Waals surface area contributed by atoms with Gasteiger partial charge < -0.3 is 14.2 Å². The molecule has 3 heterocycles. The highest BCUT2D eigenvalue weighted by molar-refractivity contribution is 5.85. The molecule has 88 valence electrons. The molecule has 0 amide bonds. The molecular formula is C11H11N3O3. The predicted octanol–water partition coefficient (Wildman–Crippen LogP) is 1.14. The lowest BCUT2D eigenvalue weighted by atomic mass is 10.0. The summed E-state index contributed by atoms with van der Waals surface area (Å²) in [5.74, 6) is 0.473. The first kappa shape index (κ1) is 10.2. The third-order valence-corrected chi connectivity index (χ3v) is 2.74. The molecule has 0 saturated carbocycles. The Kier molecular flexibility index (Phi) is 2.49. The van der Waals surface area contributed by atoms with Gasteiger partial charge in [0.15, 0.2) is 0 Å². The smallest absolute Gasteiger partial charge is 0.239 e. The van der Waals surface area contributed by atoms with Crippen LogP contribution >= 0.6 is 0 Å². The number of carbonyl (C=O) groups is 1. The van der Waals surface area contributed by atoms with Gasteiger partial charge in [-0.25, -0.2) is 0 Å². The van der Waals surface area contributed by atoms with Crippen LogP contribution in [-0.4, -0.2) is 34.1 Å². The first-order valence-corrected chi connectivity index (χ1v) is 5.42. The minimum Gasteiger partial charge on any atom is -0.380 e. The molecule has 1 unspecified atom stereocenters. The summed E-state index contributed by atoms with van der Waals surface area (Å²) < 4.78 is 10.4. The predicted molar refractivity (Wildman–Crippen MR) is 57.3 cm³/mol. The van der Waals surface area contributed by atoms with E-state index in [9.17, 15) is 4.79 Å². The van der Waals surface area contributed by atoms with Crippen LogP contribution in [-0.2, 0) is 9.53 Å². The highest BCUT2D eigenvalue weighted by Gasteiger charge is 2.29. The first-order chi connectivity index (χ1) is 8.34. The summed E-state index contributed by atoms with van der Waals surface area (Å²) >= 11 is 0. The van der Waals surface area contributed by atoms with Gasteiger partial charge in [-0.1, -0.05) is 5.16 Å². The van der Waals surface area contributed by atoms with Gasteiger partial charge in [-0.3, -0.25) is 4.79 Å². The van der Waals surface area contributed by atoms with E-state index in [-0.39, 0.29) is 5.78 Å². The number of ketones is 1. The zero-order chi connectivity index (χ0) is 11.7. The van der Waals surface area contributed by atoms with Gasteiger partial charge in [-0.05, 0) is 12.1 Å². The second-order valence-corrected chi connectivity index (χ2v) is 3.88. The monoisotopic (exact) mass is 233 g/mol. The van der Waals surface area contributed by atoms with E-state index in [1.54, 1.807) is 6.20 Å². The average Bonchev–Trinajstić information content (AvgIpc) is 3.00. The molecule has 3 rings (SSSR count). The van der Waals surface area contributed by atoms with Crippen LogP contribution in [0.15, 0.2) is 22.9 Å². The Morgan fingerprint density at radius 3 is 3.18 bits per heavy atom. The fourth-order valence-electron chi connectivity index (χ4n) is 1.81. The maximum absolute atomic E-state index is 11.7. The Morgan fingerprint density at radius 2 is 2.41 bits per heavy atom. The SMILES string of the molecule is O=C1CCOCC1c1nc(-c2ccc[nH]2)no1. The molecule has 1 saturated heterocycles. The van der Waals surface area contributed by atoms with Crippen LogP contribution in [0.2, 0.25) is 0 Å². The van der Waals surface area contributed by atoms with Crippen LogP contribution in [0, 0.1) is 0 Å². The van der Waals surface area contributed by atoms with Crippen LogP contribution in [0.4, 0.5) is 0 Å². The Labute approximate surface area is 97.0 Å². The standard InChI is InChI=1S/C11H11N3O3/c15-9-3-5-16-6-7(9)11-13-10(14-17-11)8-2-1-4-12-8/h1-2,4,7,12H,3,5-6H2. The highest BCUT2D eigenvalue weighted by atomic mass is 16.5. The maximum Gasteiger partial charge on any atom is 0.239 e. The Hall–Kier alpha value is -1.95. The lowest BCUT2D eigenvalue weighted by Gasteiger charge is -2.16. The number of rotatable bonds is 2. The maximum atomic E-state index is 11.7. The number of carbonyl (C=O) groups excluding carboxylic acids is 1. The highest BCUT2D eigenvalue weighted by Crippen LogP contribution is 2.23. The van der Waals surface area contributed by atoms with Gasteiger partial charge in [0.25, 0.3) is 0 Å². The van der Waals surface area contributed by atoms with Crippen LogP contribution in [0.5, 0.6) is 0 Å². The number of hydrogen-bond acceptors (Lipinski definition) is 5. The van der Waals surface area contributed by atoms with Crippen molar-refractivity contribution < 1.29 is 14.1 Å². The molecule has 1 N–H and O–H groups in total. The quantitative estimate of drug-likeness (QED) is 0.841. The number of nitrogens with one attached hydrogen (secondary N) is 1. The van der Waals surface area contributed by atoms with Crippen LogP contribution in [0.1, 0.15) is 18.2 Å². The van der Waals surface area contributed by atoms with Gasteiger partial charge >= 0.3 is 0 Å². The van der Waals surface area contributed by atoms with Crippen molar-refractivity contribution in [2.75, 3.05) is 13.2 Å². The van der Waals surface area contributed by atoms with Crippen molar-refractivity contribution in [2.45, 2.75) is 12.3 Å². The van der Waals surface area contributed by atoms with E-state index in [1.807, 2.05) is 12.1 Å². The summed E-state index contributed by atoms with van der Waals surface area (Å²) in [6.07, 6.45) is 2.19. The second kappa shape index (κ2) is 4.14. The lowest BCUT2D eigenvalue weighted by Crippen LogP contribution is -2.25. The lowest BCUT2D eigenvalue weighted by molar-refractivity contribution is -0.127. The molecule has 1 fully saturated rings. The van der Waals surface area contributed by atoms with E-state index in [4.69, 9.17) is 9.26 Å². The fourth-order valence-corrected chi connectivity index (χ4v) is 1.81. The average molecular weight is 233 g/mol. The molecule has 1 aliphatic rings. The van der Waals surface area contributed by atoms with Crippen molar-refractivity contribution >= 4 is 5.78 Å². The van der Waals surface area contributed by atoms with Crippen LogP contribution in [0.3, 0.4) is 0 Å². The molecule has 1 atom stereocenters. The van der Waals surface area contributed by atoms with Crippen molar-refractivity contribution in [3.63, 3.8) is 0 Å². The molecule has 2 aromatic heterocycles. The topological polar surface area (TPSA) is 81.0 Å². The van der Waals surface area contributed by atoms with Crippen LogP contribution < -0.4 is 0 Å². The summed E-state index contributed by atoms with van der Waals surface area (Å²) in [6.45, 7) is 0.804. The summed E-state index contributed by atoms with van der Waals surface area (Å²) in [5.41, 5.74) is 0.768. The third kappa shape index (κ3) is 1.87. The molecule has 0 bridgehead atoms. The number of Topliss-reactive ketones (excluding diaryl/α,β-unsaturated/α-hetero) is 1. The largest absolute Gasteiger partial charge is 0.380 e. The fraction of sp³-hybridized carbons (Fsp3) is 0.364. The molecule has 2 aromatic rings. The summed E-state index contributed by atoms with van der Waals surface area (Å²) in [6, 6.07) is 3.69. The van der Waals surface area contributed by atoms with Gasteiger partial charge in [-0.2, -0.15) is 4.98 Å². The molecule has 1 aliphatic heterocycles. The number of nitrogens with zero attached hydrogens (tertiary/aromatic N) is 2. The Bertz CT molecular complexity index is 518. The van der Waals surface area contributed by atoms with Crippen molar-refractivity contribution in [2.24, 2.45) is 0 Å². The Morgan fingerprint density at radius 1 is 1.47 bits per heavy atom. The third-order valence-electron chi connectivity index (χ3n) is 2.74. The first-order valence-electron chi connectivity index (χ1n) is 5.42. The Balaban J connectivity index is 1.87. The van der Waals surface area contributed by atoms with Crippen molar-refractivity contribution in [3.05, 3.63) is 24.2 Å². The minimum absolute atomic E-state index is 0.0953. The van der Waals surface area contributed by atoms with Crippen molar-refractivity contribution in [1.82, 2.24) is 15.1 Å². The summed E-state index contributed by atoms with van der Waals surface area (Å²) in [7, 11) is 0. The molecule has 17 heavy (non-hydrogen) atoms. The van der Waals surface area contributed by atoms with E-state index >= 15 is 0 Å². The van der Waals surface area contributed by atoms with Crippen molar-refractivity contribution in [3.8, 4) is 11.5 Å². The van der Waals surface area contributed by atoms with E-state index in [0.717, 1.165) is 5.69 Å². The zero-order valence-corrected chi connectivity index (χ0v) is 9.05. The van der Waals surface area contributed by atoms with Gasteiger partial charge in [0.05, 0.1) is 18.9 Å². The summed E-state index contributed by atoms with van der Waals surface area (Å²) in [5, 5.41) is 3.84. The molecule has 0 aromatic carbocycles. The molecular weight excluding hydrogens is 222 g/mol. The van der Waals surface area contributed by atoms with E-state index in [0.29, 0.717) is 31.3 Å². The van der Waals surface area contributed by atoms with E-state index in [1.165, 1.54) is 0 Å². The van der Waals surface area contributed by atoms with Gasteiger partial charge in [0.1, 0.15) is 11.7 Å². The van der Waals surface area contributed by atoms with Gasteiger partial charge in [0, 0.05) is 12.6 Å². The zero-order valence-electron chi connectivity index (χ0n) is 9.05. The van der Waals surface area contributed by atoms with E-state index in [2.05, 4.69) is 15.1 Å². The van der Waals surface area contributed by atoms with Gasteiger partial charge in [0.2, 0.25) is 11.7 Å². The number of aromatic amines is 1. The molecule has 0 aliphatic carbocycles. The second-order valence-electron chi connectivity index (χ2n) is 3.88. The molecule has 6 nitrogen and oxygen atoms in total. The molecule has 0 spiro atoms. The van der Waals surface area contributed by atoms with Crippen molar-refractivity contribution in [1.29, 1.82) is 0 Å². The number of aromatic nitrogens is 3. The van der Waals surface area contributed by atoms with E-state index < -0.39 is 5.92 Å². The molecule has 6 heteroatoms. The molecule has 0 radical (unpaired) electrons. The van der Waals surface area contributed by atoms with Crippen LogP contribution in [0.25, 0.3) is 11.5 Å². The van der Waals surface area contributed by atoms with Gasteiger partial charge in [-0.15, -0.1) is 0 Å². The normalized spacial score (nSPS) is 20.7. The minimum atomic E-state index is -0.417.